The molecular formula is C19H18N4O3. The molecule has 3 rings (SSSR count). The second kappa shape index (κ2) is 7.71. The highest BCUT2D eigenvalue weighted by Gasteiger charge is 2.08. The minimum Gasteiger partial charge on any atom is -0.478 e. The molecule has 0 radical (unpaired) electrons. The van der Waals surface area contributed by atoms with Gasteiger partial charge in [0.2, 0.25) is 0 Å². The van der Waals surface area contributed by atoms with Crippen LogP contribution in [0.4, 0.5) is 0 Å². The highest BCUT2D eigenvalue weighted by molar-refractivity contribution is 5.87. The maximum Gasteiger partial charge on any atom is 0.335 e. The van der Waals surface area contributed by atoms with Crippen molar-refractivity contribution in [1.29, 1.82) is 0 Å². The third-order valence-corrected chi connectivity index (χ3v) is 3.84. The zero-order chi connectivity index (χ0) is 18.5. The molecule has 1 aromatic carbocycles. The number of aromatic carboxylic acids is 1. The molecule has 7 heteroatoms. The highest BCUT2D eigenvalue weighted by Crippen LogP contribution is 2.16. The Bertz CT molecular complexity index is 998. The van der Waals surface area contributed by atoms with E-state index in [0.29, 0.717) is 17.8 Å². The highest BCUT2D eigenvalue weighted by atomic mass is 16.4. The van der Waals surface area contributed by atoms with E-state index in [0.717, 1.165) is 11.1 Å². The number of aromatic nitrogens is 3. The summed E-state index contributed by atoms with van der Waals surface area (Å²) in [7, 11) is 1.86. The van der Waals surface area contributed by atoms with Gasteiger partial charge in [0.15, 0.2) is 0 Å². The molecule has 0 saturated carbocycles. The van der Waals surface area contributed by atoms with Gasteiger partial charge in [-0.05, 0) is 42.4 Å². The number of carbonyl (C=O) groups is 1. The van der Waals surface area contributed by atoms with Crippen molar-refractivity contribution in [3.05, 3.63) is 81.9 Å². The smallest absolute Gasteiger partial charge is 0.335 e. The van der Waals surface area contributed by atoms with Gasteiger partial charge in [0.25, 0.3) is 5.56 Å². The molecule has 2 aromatic heterocycles. The molecule has 3 aromatic rings. The molecule has 0 aliphatic carbocycles. The number of benzene rings is 1. The van der Waals surface area contributed by atoms with E-state index in [-0.39, 0.29) is 17.7 Å². The van der Waals surface area contributed by atoms with Gasteiger partial charge in [-0.15, -0.1) is 0 Å². The summed E-state index contributed by atoms with van der Waals surface area (Å²) in [6, 6.07) is 11.5. The topological polar surface area (TPSA) is 97.1 Å². The lowest BCUT2D eigenvalue weighted by Crippen LogP contribution is -2.23. The zero-order valence-electron chi connectivity index (χ0n) is 14.2. The average molecular weight is 350 g/mol. The van der Waals surface area contributed by atoms with Crippen LogP contribution < -0.4 is 10.9 Å². The van der Waals surface area contributed by atoms with E-state index in [9.17, 15) is 9.59 Å². The van der Waals surface area contributed by atoms with E-state index < -0.39 is 5.97 Å². The molecule has 0 aliphatic heterocycles. The van der Waals surface area contributed by atoms with Crippen LogP contribution in [0.2, 0.25) is 0 Å². The Morgan fingerprint density at radius 2 is 2.00 bits per heavy atom. The van der Waals surface area contributed by atoms with E-state index in [1.807, 2.05) is 13.1 Å². The number of hydrogen-bond acceptors (Lipinski definition) is 5. The number of hydrogen-bond donors (Lipinski definition) is 2. The first-order valence-electron chi connectivity index (χ1n) is 8.06. The van der Waals surface area contributed by atoms with Crippen molar-refractivity contribution in [3.8, 4) is 11.3 Å². The van der Waals surface area contributed by atoms with Gasteiger partial charge in [-0.1, -0.05) is 12.1 Å². The molecule has 0 atom stereocenters. The van der Waals surface area contributed by atoms with Crippen molar-refractivity contribution in [2.24, 2.45) is 0 Å². The van der Waals surface area contributed by atoms with Gasteiger partial charge in [-0.25, -0.2) is 9.48 Å². The predicted molar refractivity (Wildman–Crippen MR) is 97.0 cm³/mol. The van der Waals surface area contributed by atoms with E-state index in [1.54, 1.807) is 30.6 Å². The molecule has 0 saturated heterocycles. The lowest BCUT2D eigenvalue weighted by Gasteiger charge is -2.09. The van der Waals surface area contributed by atoms with Crippen LogP contribution in [0.3, 0.4) is 0 Å². The van der Waals surface area contributed by atoms with Gasteiger partial charge in [0.1, 0.15) is 0 Å². The van der Waals surface area contributed by atoms with Crippen LogP contribution in [-0.2, 0) is 13.1 Å². The van der Waals surface area contributed by atoms with Gasteiger partial charge < -0.3 is 10.4 Å². The lowest BCUT2D eigenvalue weighted by atomic mass is 10.1. The third-order valence-electron chi connectivity index (χ3n) is 3.84. The summed E-state index contributed by atoms with van der Waals surface area (Å²) < 4.78 is 1.32. The second-order valence-electron chi connectivity index (χ2n) is 5.83. The van der Waals surface area contributed by atoms with Crippen LogP contribution in [0.5, 0.6) is 0 Å². The van der Waals surface area contributed by atoms with Gasteiger partial charge in [-0.2, -0.15) is 5.10 Å². The van der Waals surface area contributed by atoms with Crippen LogP contribution >= 0.6 is 0 Å². The molecule has 26 heavy (non-hydrogen) atoms. The van der Waals surface area contributed by atoms with Gasteiger partial charge in [0, 0.05) is 30.6 Å². The fraction of sp³-hybridized carbons (Fsp3) is 0.158. The second-order valence-corrected chi connectivity index (χ2v) is 5.83. The molecule has 0 bridgehead atoms. The Labute approximate surface area is 150 Å². The van der Waals surface area contributed by atoms with Crippen molar-refractivity contribution in [3.63, 3.8) is 0 Å². The molecule has 2 heterocycles. The Hall–Kier alpha value is -3.32. The maximum absolute atomic E-state index is 12.2. The number of rotatable bonds is 6. The minimum atomic E-state index is -1.01. The Kier molecular flexibility index (Phi) is 5.19. The van der Waals surface area contributed by atoms with Gasteiger partial charge in [-0.3, -0.25) is 9.78 Å². The molecule has 0 fully saturated rings. The number of nitrogens with zero attached hydrogens (tertiary/aromatic N) is 3. The minimum absolute atomic E-state index is 0.177. The summed E-state index contributed by atoms with van der Waals surface area (Å²) in [6.07, 6.45) is 3.47. The van der Waals surface area contributed by atoms with E-state index in [4.69, 9.17) is 5.11 Å². The fourth-order valence-electron chi connectivity index (χ4n) is 2.62. The summed E-state index contributed by atoms with van der Waals surface area (Å²) in [4.78, 5) is 27.5. The fourth-order valence-corrected chi connectivity index (χ4v) is 2.62. The van der Waals surface area contributed by atoms with Crippen molar-refractivity contribution in [1.82, 2.24) is 20.1 Å². The Morgan fingerprint density at radius 3 is 2.77 bits per heavy atom. The monoisotopic (exact) mass is 350 g/mol. The summed E-state index contributed by atoms with van der Waals surface area (Å²) in [5.41, 5.74) is 3.07. The van der Waals surface area contributed by atoms with Crippen LogP contribution in [0.15, 0.2) is 59.7 Å². The van der Waals surface area contributed by atoms with Crippen molar-refractivity contribution < 1.29 is 9.90 Å². The summed E-state index contributed by atoms with van der Waals surface area (Å²) >= 11 is 0. The van der Waals surface area contributed by atoms with Crippen molar-refractivity contribution in [2.45, 2.75) is 13.1 Å². The first-order valence-corrected chi connectivity index (χ1v) is 8.06. The van der Waals surface area contributed by atoms with Crippen LogP contribution in [0, 0.1) is 0 Å². The van der Waals surface area contributed by atoms with E-state index in [2.05, 4.69) is 15.4 Å². The lowest BCUT2D eigenvalue weighted by molar-refractivity contribution is 0.0696. The predicted octanol–water partition coefficient (Wildman–Crippen LogP) is 1.77. The van der Waals surface area contributed by atoms with Crippen LogP contribution in [0.1, 0.15) is 21.5 Å². The molecule has 132 valence electrons. The summed E-state index contributed by atoms with van der Waals surface area (Å²) in [5.74, 6) is -1.01. The first-order chi connectivity index (χ1) is 12.6. The normalized spacial score (nSPS) is 10.7. The Balaban J connectivity index is 1.93. The van der Waals surface area contributed by atoms with Gasteiger partial charge in [0.05, 0.1) is 17.8 Å². The molecule has 0 unspecified atom stereocenters. The number of carboxylic acid groups (broad SMARTS) is 1. The van der Waals surface area contributed by atoms with Crippen LogP contribution in [-0.4, -0.2) is 32.9 Å². The average Bonchev–Trinajstić information content (AvgIpc) is 2.64. The SMILES string of the molecule is CNCc1cncc(-c2ccc(=O)n(Cc3cccc(C(=O)O)c3)n2)c1. The van der Waals surface area contributed by atoms with Gasteiger partial charge >= 0.3 is 5.97 Å². The summed E-state index contributed by atoms with van der Waals surface area (Å²) in [6.45, 7) is 0.875. The largest absolute Gasteiger partial charge is 0.478 e. The standard InChI is InChI=1S/C19H18N4O3/c1-20-9-14-8-16(11-21-10-14)17-5-6-18(24)23(22-17)12-13-3-2-4-15(7-13)19(25)26/h2-8,10-11,20H,9,12H2,1H3,(H,25,26). The third kappa shape index (κ3) is 4.01. The van der Waals surface area contributed by atoms with E-state index in [1.165, 1.54) is 22.9 Å². The quantitative estimate of drug-likeness (QED) is 0.703. The molecule has 0 spiro atoms. The number of pyridine rings is 1. The number of carboxylic acids is 1. The molecule has 2 N–H and O–H groups in total. The van der Waals surface area contributed by atoms with Crippen LogP contribution in [0.25, 0.3) is 11.3 Å². The maximum atomic E-state index is 12.2. The van der Waals surface area contributed by atoms with Crippen molar-refractivity contribution in [2.75, 3.05) is 7.05 Å². The van der Waals surface area contributed by atoms with Crippen molar-refractivity contribution >= 4 is 5.97 Å². The molecule has 0 aliphatic rings. The molecule has 0 amide bonds. The molecular weight excluding hydrogens is 332 g/mol. The first kappa shape index (κ1) is 17.5. The summed E-state index contributed by atoms with van der Waals surface area (Å²) in [5, 5.41) is 16.6. The zero-order valence-corrected chi connectivity index (χ0v) is 14.2. The number of nitrogens with one attached hydrogen (secondary N) is 1. The van der Waals surface area contributed by atoms with E-state index >= 15 is 0 Å². The Morgan fingerprint density at radius 1 is 1.15 bits per heavy atom. The molecule has 7 nitrogen and oxygen atoms in total.